The lowest BCUT2D eigenvalue weighted by Gasteiger charge is -2.24. The molecule has 0 saturated heterocycles. The average Bonchev–Trinajstić information content (AvgIpc) is 1.89. The summed E-state index contributed by atoms with van der Waals surface area (Å²) in [6.07, 6.45) is 0. The van der Waals surface area contributed by atoms with Crippen LogP contribution < -0.4 is 5.32 Å². The van der Waals surface area contributed by atoms with E-state index in [4.69, 9.17) is 0 Å². The first-order valence-electron chi connectivity index (χ1n) is 4.11. The molecule has 0 saturated carbocycles. The molecule has 0 aliphatic carbocycles. The lowest BCUT2D eigenvalue weighted by molar-refractivity contribution is 0.236. The van der Waals surface area contributed by atoms with Gasteiger partial charge in [-0.3, -0.25) is 4.90 Å². The third-order valence-electron chi connectivity index (χ3n) is 1.79. The van der Waals surface area contributed by atoms with Crippen molar-refractivity contribution in [2.24, 2.45) is 0 Å². The molecule has 0 fully saturated rings. The Balaban J connectivity index is 3.40. The van der Waals surface area contributed by atoms with Gasteiger partial charge in [0.15, 0.2) is 0 Å². The fourth-order valence-electron chi connectivity index (χ4n) is 1.04. The Morgan fingerprint density at radius 2 is 2.00 bits per heavy atom. The molecule has 0 rings (SSSR count). The third kappa shape index (κ3) is 3.85. The molecular weight excluding hydrogens is 124 g/mol. The van der Waals surface area contributed by atoms with Crippen LogP contribution in [0, 0.1) is 0 Å². The van der Waals surface area contributed by atoms with E-state index in [0.29, 0.717) is 6.04 Å². The maximum Gasteiger partial charge on any atom is 0.0109 e. The van der Waals surface area contributed by atoms with Gasteiger partial charge in [-0.25, -0.2) is 0 Å². The Morgan fingerprint density at radius 3 is 2.30 bits per heavy atom. The van der Waals surface area contributed by atoms with Gasteiger partial charge in [0.05, 0.1) is 0 Å². The van der Waals surface area contributed by atoms with E-state index in [0.717, 1.165) is 19.6 Å². The predicted molar refractivity (Wildman–Crippen MR) is 46.3 cm³/mol. The van der Waals surface area contributed by atoms with E-state index < -0.39 is 0 Å². The number of rotatable bonds is 5. The fourth-order valence-corrected chi connectivity index (χ4v) is 1.04. The highest BCUT2D eigenvalue weighted by Gasteiger charge is 2.03. The Morgan fingerprint density at radius 1 is 1.40 bits per heavy atom. The molecule has 1 N–H and O–H groups in total. The summed E-state index contributed by atoms with van der Waals surface area (Å²) < 4.78 is 0. The van der Waals surface area contributed by atoms with E-state index in [9.17, 15) is 0 Å². The van der Waals surface area contributed by atoms with Crippen LogP contribution in [0.25, 0.3) is 0 Å². The van der Waals surface area contributed by atoms with Gasteiger partial charge in [-0.2, -0.15) is 0 Å². The van der Waals surface area contributed by atoms with Crippen molar-refractivity contribution < 1.29 is 0 Å². The van der Waals surface area contributed by atoms with Gasteiger partial charge in [-0.05, 0) is 27.4 Å². The quantitative estimate of drug-likeness (QED) is 0.617. The molecule has 2 nitrogen and oxygen atoms in total. The second-order valence-electron chi connectivity index (χ2n) is 2.83. The van der Waals surface area contributed by atoms with E-state index in [1.807, 2.05) is 7.05 Å². The van der Waals surface area contributed by atoms with Gasteiger partial charge in [0, 0.05) is 19.1 Å². The van der Waals surface area contributed by atoms with Crippen LogP contribution in [0.2, 0.25) is 0 Å². The molecule has 0 radical (unpaired) electrons. The second-order valence-corrected chi connectivity index (χ2v) is 2.83. The minimum absolute atomic E-state index is 0.679. The minimum atomic E-state index is 0.679. The van der Waals surface area contributed by atoms with Crippen LogP contribution in [0.4, 0.5) is 0 Å². The van der Waals surface area contributed by atoms with Crippen molar-refractivity contribution >= 4 is 0 Å². The molecule has 0 bridgehead atoms. The highest BCUT2D eigenvalue weighted by atomic mass is 15.1. The molecule has 2 heteroatoms. The Kier molecular flexibility index (Phi) is 5.64. The molecule has 0 aromatic rings. The second kappa shape index (κ2) is 5.69. The lowest BCUT2D eigenvalue weighted by Crippen LogP contribution is -2.35. The van der Waals surface area contributed by atoms with E-state index in [2.05, 4.69) is 31.0 Å². The van der Waals surface area contributed by atoms with Gasteiger partial charge in [0.25, 0.3) is 0 Å². The highest BCUT2D eigenvalue weighted by Crippen LogP contribution is 1.94. The first-order valence-corrected chi connectivity index (χ1v) is 4.11. The van der Waals surface area contributed by atoms with Crippen molar-refractivity contribution in [2.75, 3.05) is 26.7 Å². The van der Waals surface area contributed by atoms with Crippen LogP contribution in [-0.4, -0.2) is 37.6 Å². The molecule has 10 heavy (non-hydrogen) atoms. The van der Waals surface area contributed by atoms with Gasteiger partial charge in [0.1, 0.15) is 0 Å². The third-order valence-corrected chi connectivity index (χ3v) is 1.79. The molecule has 0 amide bonds. The van der Waals surface area contributed by atoms with Crippen molar-refractivity contribution in [1.82, 2.24) is 10.2 Å². The molecular formula is C8H20N2. The molecule has 0 aromatic heterocycles. The summed E-state index contributed by atoms with van der Waals surface area (Å²) in [5.74, 6) is 0. The number of hydrogen-bond acceptors (Lipinski definition) is 2. The Bertz CT molecular complexity index is 71.7. The normalized spacial score (nSPS) is 11.4. The standard InChI is InChI=1S/C8H20N2/c1-5-10(8(2)3)7-6-9-4/h8-9H,5-7H2,1-4H3. The van der Waals surface area contributed by atoms with E-state index in [1.54, 1.807) is 0 Å². The summed E-state index contributed by atoms with van der Waals surface area (Å²) in [5.41, 5.74) is 0. The van der Waals surface area contributed by atoms with E-state index >= 15 is 0 Å². The zero-order valence-corrected chi connectivity index (χ0v) is 7.65. The highest BCUT2D eigenvalue weighted by molar-refractivity contribution is 4.60. The SMILES string of the molecule is CCN(CCNC)C(C)C. The zero-order chi connectivity index (χ0) is 7.98. The molecule has 0 spiro atoms. The monoisotopic (exact) mass is 144 g/mol. The molecule has 0 atom stereocenters. The topological polar surface area (TPSA) is 15.3 Å². The zero-order valence-electron chi connectivity index (χ0n) is 7.65. The summed E-state index contributed by atoms with van der Waals surface area (Å²) >= 11 is 0. The van der Waals surface area contributed by atoms with Gasteiger partial charge >= 0.3 is 0 Å². The Hall–Kier alpha value is -0.0800. The van der Waals surface area contributed by atoms with Crippen LogP contribution >= 0.6 is 0 Å². The van der Waals surface area contributed by atoms with Crippen molar-refractivity contribution in [1.29, 1.82) is 0 Å². The van der Waals surface area contributed by atoms with Gasteiger partial charge < -0.3 is 5.32 Å². The number of likely N-dealkylation sites (N-methyl/N-ethyl adjacent to an activating group) is 2. The number of nitrogens with zero attached hydrogens (tertiary/aromatic N) is 1. The Labute approximate surface area is 64.6 Å². The molecule has 62 valence electrons. The summed E-state index contributed by atoms with van der Waals surface area (Å²) in [5, 5.41) is 3.15. The van der Waals surface area contributed by atoms with Crippen molar-refractivity contribution in [3.05, 3.63) is 0 Å². The van der Waals surface area contributed by atoms with Crippen LogP contribution in [0.3, 0.4) is 0 Å². The van der Waals surface area contributed by atoms with Crippen molar-refractivity contribution in [2.45, 2.75) is 26.8 Å². The van der Waals surface area contributed by atoms with E-state index in [1.165, 1.54) is 0 Å². The summed E-state index contributed by atoms with van der Waals surface area (Å²) in [6, 6.07) is 0.679. The predicted octanol–water partition coefficient (Wildman–Crippen LogP) is 0.936. The lowest BCUT2D eigenvalue weighted by atomic mass is 10.3. The van der Waals surface area contributed by atoms with Crippen molar-refractivity contribution in [3.63, 3.8) is 0 Å². The average molecular weight is 144 g/mol. The largest absolute Gasteiger partial charge is 0.318 e. The molecule has 0 heterocycles. The molecule has 0 aliphatic rings. The summed E-state index contributed by atoms with van der Waals surface area (Å²) in [6.45, 7) is 10.1. The van der Waals surface area contributed by atoms with E-state index in [-0.39, 0.29) is 0 Å². The van der Waals surface area contributed by atoms with Gasteiger partial charge in [-0.1, -0.05) is 6.92 Å². The maximum atomic E-state index is 3.15. The van der Waals surface area contributed by atoms with Crippen LogP contribution in [0.5, 0.6) is 0 Å². The van der Waals surface area contributed by atoms with Crippen LogP contribution in [-0.2, 0) is 0 Å². The van der Waals surface area contributed by atoms with Crippen molar-refractivity contribution in [3.8, 4) is 0 Å². The maximum absolute atomic E-state index is 3.15. The number of nitrogens with one attached hydrogen (secondary N) is 1. The van der Waals surface area contributed by atoms with Gasteiger partial charge in [-0.15, -0.1) is 0 Å². The molecule has 0 aliphatic heterocycles. The summed E-state index contributed by atoms with van der Waals surface area (Å²) in [4.78, 5) is 2.44. The van der Waals surface area contributed by atoms with Crippen LogP contribution in [0.15, 0.2) is 0 Å². The number of hydrogen-bond donors (Lipinski definition) is 1. The van der Waals surface area contributed by atoms with Gasteiger partial charge in [0.2, 0.25) is 0 Å². The molecule has 0 aromatic carbocycles. The first-order chi connectivity index (χ1) is 4.72. The smallest absolute Gasteiger partial charge is 0.0109 e. The van der Waals surface area contributed by atoms with Crippen LogP contribution in [0.1, 0.15) is 20.8 Å². The first kappa shape index (κ1) is 9.92. The summed E-state index contributed by atoms with van der Waals surface area (Å²) in [7, 11) is 1.99. The molecule has 0 unspecified atom stereocenters. The fraction of sp³-hybridized carbons (Fsp3) is 1.00. The minimum Gasteiger partial charge on any atom is -0.318 e.